The van der Waals surface area contributed by atoms with Gasteiger partial charge in [0.1, 0.15) is 0 Å². The van der Waals surface area contributed by atoms with Crippen LogP contribution >= 0.6 is 0 Å². The predicted octanol–water partition coefficient (Wildman–Crippen LogP) is 4.59. The quantitative estimate of drug-likeness (QED) is 0.623. The third-order valence-electron chi connectivity index (χ3n) is 5.10. The molecule has 0 radical (unpaired) electrons. The zero-order valence-corrected chi connectivity index (χ0v) is 17.4. The molecule has 0 saturated heterocycles. The van der Waals surface area contributed by atoms with Gasteiger partial charge < -0.3 is 0 Å². The Labute approximate surface area is 172 Å². The Morgan fingerprint density at radius 1 is 0.828 bits per heavy atom. The maximum atomic E-state index is 13.6. The van der Waals surface area contributed by atoms with Gasteiger partial charge in [-0.05, 0) is 36.6 Å². The summed E-state index contributed by atoms with van der Waals surface area (Å²) >= 11 is 0. The van der Waals surface area contributed by atoms with Crippen LogP contribution in [0.2, 0.25) is 0 Å². The van der Waals surface area contributed by atoms with E-state index in [1.54, 1.807) is 12.1 Å². The molecular formula is C24H25NO3S. The summed E-state index contributed by atoms with van der Waals surface area (Å²) in [6.07, 6.45) is 1.19. The van der Waals surface area contributed by atoms with Gasteiger partial charge in [0.2, 0.25) is 5.91 Å². The number of sulfonamides is 1. The maximum Gasteiger partial charge on any atom is 0.264 e. The SMILES string of the molecule is CCCC(C(=O)NS(=O)(=O)c1ccc(C)cc1)(c1ccccc1)c1ccccc1. The number of amides is 1. The summed E-state index contributed by atoms with van der Waals surface area (Å²) < 4.78 is 28.2. The summed E-state index contributed by atoms with van der Waals surface area (Å²) in [5.74, 6) is -0.544. The van der Waals surface area contributed by atoms with E-state index in [4.69, 9.17) is 0 Å². The molecule has 3 aromatic carbocycles. The molecule has 3 aromatic rings. The molecule has 0 aromatic heterocycles. The highest BCUT2D eigenvalue weighted by molar-refractivity contribution is 7.90. The minimum absolute atomic E-state index is 0.0722. The van der Waals surface area contributed by atoms with Crippen LogP contribution in [0.5, 0.6) is 0 Å². The number of benzene rings is 3. The van der Waals surface area contributed by atoms with Gasteiger partial charge in [0.15, 0.2) is 0 Å². The minimum atomic E-state index is -3.99. The van der Waals surface area contributed by atoms with E-state index in [9.17, 15) is 13.2 Å². The number of nitrogens with one attached hydrogen (secondary N) is 1. The first kappa shape index (κ1) is 20.8. The number of carbonyl (C=O) groups is 1. The molecule has 29 heavy (non-hydrogen) atoms. The molecule has 5 heteroatoms. The number of rotatable bonds is 7. The van der Waals surface area contributed by atoms with E-state index >= 15 is 0 Å². The summed E-state index contributed by atoms with van der Waals surface area (Å²) in [6.45, 7) is 3.87. The zero-order valence-electron chi connectivity index (χ0n) is 16.6. The van der Waals surface area contributed by atoms with E-state index in [1.807, 2.05) is 74.5 Å². The Hall–Kier alpha value is -2.92. The van der Waals surface area contributed by atoms with Gasteiger partial charge in [-0.1, -0.05) is 91.7 Å². The van der Waals surface area contributed by atoms with Crippen LogP contribution in [0, 0.1) is 6.92 Å². The summed E-state index contributed by atoms with van der Waals surface area (Å²) in [5.41, 5.74) is 1.38. The second kappa shape index (κ2) is 8.62. The van der Waals surface area contributed by atoms with Crippen molar-refractivity contribution in [2.24, 2.45) is 0 Å². The first-order valence-corrected chi connectivity index (χ1v) is 11.1. The Bertz CT molecular complexity index is 1020. The summed E-state index contributed by atoms with van der Waals surface area (Å²) in [4.78, 5) is 13.7. The van der Waals surface area contributed by atoms with Crippen LogP contribution in [0.3, 0.4) is 0 Å². The van der Waals surface area contributed by atoms with Crippen molar-refractivity contribution in [3.05, 3.63) is 102 Å². The zero-order chi connectivity index (χ0) is 20.9. The van der Waals surface area contributed by atoms with Crippen LogP contribution < -0.4 is 4.72 Å². The van der Waals surface area contributed by atoms with E-state index in [2.05, 4.69) is 4.72 Å². The molecule has 0 saturated carbocycles. The third-order valence-corrected chi connectivity index (χ3v) is 6.45. The van der Waals surface area contributed by atoms with Crippen molar-refractivity contribution in [1.82, 2.24) is 4.72 Å². The van der Waals surface area contributed by atoms with Crippen molar-refractivity contribution in [1.29, 1.82) is 0 Å². The molecule has 0 aliphatic carbocycles. The van der Waals surface area contributed by atoms with Gasteiger partial charge in [-0.15, -0.1) is 0 Å². The van der Waals surface area contributed by atoms with Gasteiger partial charge in [-0.25, -0.2) is 13.1 Å². The predicted molar refractivity (Wildman–Crippen MR) is 115 cm³/mol. The van der Waals surface area contributed by atoms with Crippen molar-refractivity contribution in [3.63, 3.8) is 0 Å². The molecule has 0 spiro atoms. The molecule has 0 bridgehead atoms. The number of aryl methyl sites for hydroxylation is 1. The minimum Gasteiger partial charge on any atom is -0.273 e. The number of hydrogen-bond donors (Lipinski definition) is 1. The molecule has 3 rings (SSSR count). The van der Waals surface area contributed by atoms with Crippen LogP contribution in [0.25, 0.3) is 0 Å². The van der Waals surface area contributed by atoms with Gasteiger partial charge in [-0.2, -0.15) is 0 Å². The van der Waals surface area contributed by atoms with E-state index in [1.165, 1.54) is 12.1 Å². The first-order chi connectivity index (χ1) is 13.9. The van der Waals surface area contributed by atoms with Gasteiger partial charge in [0.05, 0.1) is 10.3 Å². The highest BCUT2D eigenvalue weighted by Crippen LogP contribution is 2.37. The molecule has 1 N–H and O–H groups in total. The topological polar surface area (TPSA) is 63.2 Å². The fourth-order valence-corrected chi connectivity index (χ4v) is 4.67. The van der Waals surface area contributed by atoms with Gasteiger partial charge in [0.25, 0.3) is 10.0 Å². The highest BCUT2D eigenvalue weighted by Gasteiger charge is 2.42. The van der Waals surface area contributed by atoms with Crippen molar-refractivity contribution in [2.75, 3.05) is 0 Å². The average Bonchev–Trinajstić information content (AvgIpc) is 2.73. The summed E-state index contributed by atoms with van der Waals surface area (Å²) in [7, 11) is -3.99. The molecule has 0 unspecified atom stereocenters. The molecule has 4 nitrogen and oxygen atoms in total. The summed E-state index contributed by atoms with van der Waals surface area (Å²) in [6, 6.07) is 25.2. The molecule has 150 valence electrons. The number of hydrogen-bond acceptors (Lipinski definition) is 3. The van der Waals surface area contributed by atoms with E-state index in [0.717, 1.165) is 16.7 Å². The molecule has 0 aliphatic rings. The first-order valence-electron chi connectivity index (χ1n) is 9.65. The van der Waals surface area contributed by atoms with Gasteiger partial charge in [0, 0.05) is 0 Å². The van der Waals surface area contributed by atoms with Crippen LogP contribution in [0.15, 0.2) is 89.8 Å². The highest BCUT2D eigenvalue weighted by atomic mass is 32.2. The fraction of sp³-hybridized carbons (Fsp3) is 0.208. The van der Waals surface area contributed by atoms with Crippen molar-refractivity contribution in [3.8, 4) is 0 Å². The van der Waals surface area contributed by atoms with E-state index in [-0.39, 0.29) is 4.90 Å². The average molecular weight is 408 g/mol. The Morgan fingerprint density at radius 3 is 1.76 bits per heavy atom. The Morgan fingerprint density at radius 2 is 1.31 bits per heavy atom. The molecule has 0 atom stereocenters. The maximum absolute atomic E-state index is 13.6. The van der Waals surface area contributed by atoms with Crippen LogP contribution in [0.1, 0.15) is 36.5 Å². The molecule has 1 amide bonds. The largest absolute Gasteiger partial charge is 0.273 e. The van der Waals surface area contributed by atoms with Crippen molar-refractivity contribution >= 4 is 15.9 Å². The lowest BCUT2D eigenvalue weighted by molar-refractivity contribution is -0.123. The van der Waals surface area contributed by atoms with Crippen LogP contribution in [0.4, 0.5) is 0 Å². The molecule has 0 heterocycles. The van der Waals surface area contributed by atoms with E-state index < -0.39 is 21.3 Å². The second-order valence-electron chi connectivity index (χ2n) is 7.14. The third kappa shape index (κ3) is 4.25. The van der Waals surface area contributed by atoms with Crippen LogP contribution in [-0.4, -0.2) is 14.3 Å². The van der Waals surface area contributed by atoms with Crippen molar-refractivity contribution in [2.45, 2.75) is 37.0 Å². The van der Waals surface area contributed by atoms with Crippen LogP contribution in [-0.2, 0) is 20.2 Å². The fourth-order valence-electron chi connectivity index (χ4n) is 3.64. The second-order valence-corrected chi connectivity index (χ2v) is 8.82. The Balaban J connectivity index is 2.11. The lowest BCUT2D eigenvalue weighted by Crippen LogP contribution is -2.47. The lowest BCUT2D eigenvalue weighted by atomic mass is 9.71. The lowest BCUT2D eigenvalue weighted by Gasteiger charge is -2.33. The number of carbonyl (C=O) groups excluding carboxylic acids is 1. The Kier molecular flexibility index (Phi) is 6.18. The normalized spacial score (nSPS) is 11.8. The molecular weight excluding hydrogens is 382 g/mol. The molecule has 0 fully saturated rings. The smallest absolute Gasteiger partial charge is 0.264 e. The molecule has 0 aliphatic heterocycles. The monoisotopic (exact) mass is 407 g/mol. The van der Waals surface area contributed by atoms with Gasteiger partial charge >= 0.3 is 0 Å². The van der Waals surface area contributed by atoms with Crippen molar-refractivity contribution < 1.29 is 13.2 Å². The van der Waals surface area contributed by atoms with E-state index in [0.29, 0.717) is 12.8 Å². The van der Waals surface area contributed by atoms with Gasteiger partial charge in [-0.3, -0.25) is 4.79 Å². The summed E-state index contributed by atoms with van der Waals surface area (Å²) in [5, 5.41) is 0. The standard InChI is InChI=1S/C24H25NO3S/c1-3-18-24(20-10-6-4-7-11-20,21-12-8-5-9-13-21)23(26)25-29(27,28)22-16-14-19(2)15-17-22/h4-17H,3,18H2,1-2H3,(H,25,26).